The highest BCUT2D eigenvalue weighted by Crippen LogP contribution is 2.23. The largest absolute Gasteiger partial charge is 0.493 e. The van der Waals surface area contributed by atoms with Crippen LogP contribution in [0.1, 0.15) is 24.3 Å². The molecule has 1 aromatic carbocycles. The molecule has 0 aliphatic carbocycles. The summed E-state index contributed by atoms with van der Waals surface area (Å²) in [4.78, 5) is 11.3. The smallest absolute Gasteiger partial charge is 0.287 e. The number of nitrogens with zero attached hydrogens (tertiary/aromatic N) is 1. The van der Waals surface area contributed by atoms with Crippen molar-refractivity contribution < 1.29 is 14.1 Å². The molecule has 6 heteroatoms. The van der Waals surface area contributed by atoms with Gasteiger partial charge in [0.2, 0.25) is 0 Å². The number of hydrogen-bond donors (Lipinski definition) is 2. The van der Waals surface area contributed by atoms with E-state index in [4.69, 9.17) is 15.1 Å². The van der Waals surface area contributed by atoms with Crippen LogP contribution in [0.4, 0.5) is 0 Å². The first-order valence-electron chi connectivity index (χ1n) is 6.31. The molecule has 0 aliphatic heterocycles. The second-order valence-electron chi connectivity index (χ2n) is 4.78. The predicted molar refractivity (Wildman–Crippen MR) is 73.9 cm³/mol. The molecule has 2 rings (SSSR count). The number of amides is 1. The van der Waals surface area contributed by atoms with Gasteiger partial charge in [0.15, 0.2) is 11.5 Å². The summed E-state index contributed by atoms with van der Waals surface area (Å²) < 4.78 is 10.7. The maximum absolute atomic E-state index is 11.3. The van der Waals surface area contributed by atoms with Crippen LogP contribution in [-0.2, 0) is 0 Å². The van der Waals surface area contributed by atoms with Crippen molar-refractivity contribution in [3.05, 3.63) is 36.0 Å². The molecule has 0 saturated heterocycles. The highest BCUT2D eigenvalue weighted by Gasteiger charge is 2.12. The number of benzene rings is 1. The minimum absolute atomic E-state index is 0.141. The van der Waals surface area contributed by atoms with E-state index >= 15 is 0 Å². The Labute approximate surface area is 116 Å². The Morgan fingerprint density at radius 3 is 2.70 bits per heavy atom. The molecule has 106 valence electrons. The van der Waals surface area contributed by atoms with Crippen LogP contribution >= 0.6 is 0 Å². The van der Waals surface area contributed by atoms with Crippen molar-refractivity contribution in [3.63, 3.8) is 0 Å². The quantitative estimate of drug-likeness (QED) is 0.494. The molecule has 1 heterocycles. The summed E-state index contributed by atoms with van der Waals surface area (Å²) in [6.07, 6.45) is 0. The first kappa shape index (κ1) is 14.1. The molecule has 0 bridgehead atoms. The van der Waals surface area contributed by atoms with E-state index in [0.29, 0.717) is 18.3 Å². The molecule has 0 aliphatic rings. The Bertz CT molecular complexity index is 576. The van der Waals surface area contributed by atoms with Gasteiger partial charge in [0.25, 0.3) is 5.91 Å². The highest BCUT2D eigenvalue weighted by atomic mass is 16.5. The maximum Gasteiger partial charge on any atom is 0.287 e. The van der Waals surface area contributed by atoms with Gasteiger partial charge in [0.1, 0.15) is 5.75 Å². The number of carbonyl (C=O) groups excluding carboxylic acids is 1. The molecule has 2 aromatic rings. The highest BCUT2D eigenvalue weighted by molar-refractivity contribution is 5.92. The van der Waals surface area contributed by atoms with E-state index in [0.717, 1.165) is 11.3 Å². The summed E-state index contributed by atoms with van der Waals surface area (Å²) in [5.41, 5.74) is 2.95. The zero-order valence-corrected chi connectivity index (χ0v) is 11.4. The van der Waals surface area contributed by atoms with Crippen LogP contribution in [0.25, 0.3) is 11.3 Å². The van der Waals surface area contributed by atoms with Crippen molar-refractivity contribution >= 4 is 5.91 Å². The van der Waals surface area contributed by atoms with Crippen molar-refractivity contribution in [2.45, 2.75) is 13.8 Å². The fourth-order valence-electron chi connectivity index (χ4n) is 1.57. The molecule has 0 atom stereocenters. The summed E-state index contributed by atoms with van der Waals surface area (Å²) in [7, 11) is 0. The van der Waals surface area contributed by atoms with Gasteiger partial charge >= 0.3 is 0 Å². The minimum Gasteiger partial charge on any atom is -0.493 e. The summed E-state index contributed by atoms with van der Waals surface area (Å²) >= 11 is 0. The molecule has 1 amide bonds. The summed E-state index contributed by atoms with van der Waals surface area (Å²) in [6.45, 7) is 4.85. The predicted octanol–water partition coefficient (Wildman–Crippen LogP) is 1.98. The lowest BCUT2D eigenvalue weighted by Gasteiger charge is -2.08. The van der Waals surface area contributed by atoms with Gasteiger partial charge in [0.05, 0.1) is 6.61 Å². The molecular weight excluding hydrogens is 258 g/mol. The van der Waals surface area contributed by atoms with E-state index in [2.05, 4.69) is 19.0 Å². The summed E-state index contributed by atoms with van der Waals surface area (Å²) in [5.74, 6) is 6.31. The van der Waals surface area contributed by atoms with E-state index in [9.17, 15) is 4.79 Å². The number of hydrogen-bond acceptors (Lipinski definition) is 5. The lowest BCUT2D eigenvalue weighted by atomic mass is 10.1. The number of nitrogens with one attached hydrogen (secondary N) is 1. The number of aromatic nitrogens is 1. The molecule has 0 saturated carbocycles. The summed E-state index contributed by atoms with van der Waals surface area (Å²) in [5, 5.41) is 3.65. The molecule has 0 spiro atoms. The third kappa shape index (κ3) is 3.36. The number of rotatable bonds is 5. The number of nitrogen functional groups attached to an aromatic ring is 1. The Morgan fingerprint density at radius 1 is 1.40 bits per heavy atom. The van der Waals surface area contributed by atoms with Crippen LogP contribution in [0, 0.1) is 5.92 Å². The third-order valence-corrected chi connectivity index (χ3v) is 2.60. The first-order valence-corrected chi connectivity index (χ1v) is 6.31. The average Bonchev–Trinajstić information content (AvgIpc) is 2.94. The van der Waals surface area contributed by atoms with E-state index < -0.39 is 5.91 Å². The van der Waals surface area contributed by atoms with Gasteiger partial charge in [-0.05, 0) is 30.2 Å². The Hall–Kier alpha value is -2.34. The van der Waals surface area contributed by atoms with Crippen molar-refractivity contribution in [2.75, 3.05) is 6.61 Å². The van der Waals surface area contributed by atoms with E-state index in [1.54, 1.807) is 0 Å². The van der Waals surface area contributed by atoms with Gasteiger partial charge in [-0.3, -0.25) is 10.2 Å². The van der Waals surface area contributed by atoms with Gasteiger partial charge in [-0.1, -0.05) is 19.0 Å². The van der Waals surface area contributed by atoms with E-state index in [1.807, 2.05) is 29.7 Å². The molecular formula is C14H17N3O3. The van der Waals surface area contributed by atoms with Gasteiger partial charge in [-0.2, -0.15) is 0 Å². The van der Waals surface area contributed by atoms with Crippen molar-refractivity contribution in [3.8, 4) is 17.1 Å². The lowest BCUT2D eigenvalue weighted by molar-refractivity contribution is 0.0944. The topological polar surface area (TPSA) is 90.4 Å². The second-order valence-corrected chi connectivity index (χ2v) is 4.78. The zero-order chi connectivity index (χ0) is 14.5. The van der Waals surface area contributed by atoms with Crippen molar-refractivity contribution in [1.29, 1.82) is 0 Å². The van der Waals surface area contributed by atoms with Gasteiger partial charge in [-0.15, -0.1) is 0 Å². The zero-order valence-electron chi connectivity index (χ0n) is 11.4. The first-order chi connectivity index (χ1) is 9.60. The van der Waals surface area contributed by atoms with Gasteiger partial charge in [0, 0.05) is 11.6 Å². The van der Waals surface area contributed by atoms with Crippen LogP contribution in [0.2, 0.25) is 0 Å². The summed E-state index contributed by atoms with van der Waals surface area (Å²) in [6, 6.07) is 8.93. The molecule has 20 heavy (non-hydrogen) atoms. The van der Waals surface area contributed by atoms with E-state index in [1.165, 1.54) is 6.07 Å². The monoisotopic (exact) mass is 275 g/mol. The Morgan fingerprint density at radius 2 is 2.10 bits per heavy atom. The normalized spacial score (nSPS) is 10.6. The number of carbonyl (C=O) groups is 1. The van der Waals surface area contributed by atoms with Gasteiger partial charge < -0.3 is 9.26 Å². The number of ether oxygens (including phenoxy) is 1. The standard InChI is InChI=1S/C14H17N3O3/c1-9(2)8-19-11-5-3-10(4-6-11)13-7-12(17-20-13)14(18)16-15/h3-7,9H,8,15H2,1-2H3,(H,16,18). The second kappa shape index (κ2) is 6.21. The molecule has 3 N–H and O–H groups in total. The third-order valence-electron chi connectivity index (χ3n) is 2.60. The molecule has 6 nitrogen and oxygen atoms in total. The fraction of sp³-hybridized carbons (Fsp3) is 0.286. The minimum atomic E-state index is -0.489. The number of nitrogens with two attached hydrogens (primary N) is 1. The van der Waals surface area contributed by atoms with Crippen LogP contribution in [-0.4, -0.2) is 17.7 Å². The Balaban J connectivity index is 2.09. The van der Waals surface area contributed by atoms with Crippen LogP contribution in [0.5, 0.6) is 5.75 Å². The van der Waals surface area contributed by atoms with E-state index in [-0.39, 0.29) is 5.69 Å². The molecule has 0 unspecified atom stereocenters. The van der Waals surface area contributed by atoms with Crippen molar-refractivity contribution in [2.24, 2.45) is 11.8 Å². The number of hydrazine groups is 1. The van der Waals surface area contributed by atoms with Crippen LogP contribution in [0.3, 0.4) is 0 Å². The lowest BCUT2D eigenvalue weighted by Crippen LogP contribution is -2.30. The maximum atomic E-state index is 11.3. The van der Waals surface area contributed by atoms with Crippen molar-refractivity contribution in [1.82, 2.24) is 10.6 Å². The molecule has 1 aromatic heterocycles. The van der Waals surface area contributed by atoms with Crippen LogP contribution < -0.4 is 16.0 Å². The van der Waals surface area contributed by atoms with Crippen LogP contribution in [0.15, 0.2) is 34.9 Å². The van der Waals surface area contributed by atoms with Gasteiger partial charge in [-0.25, -0.2) is 5.84 Å². The fourth-order valence-corrected chi connectivity index (χ4v) is 1.57. The Kier molecular flexibility index (Phi) is 4.37. The average molecular weight is 275 g/mol. The molecule has 0 fully saturated rings. The SMILES string of the molecule is CC(C)COc1ccc(-c2cc(C(=O)NN)no2)cc1. The molecule has 0 radical (unpaired) electrons.